The summed E-state index contributed by atoms with van der Waals surface area (Å²) in [6, 6.07) is 0.188. The van der Waals surface area contributed by atoms with E-state index in [-0.39, 0.29) is 11.9 Å². The van der Waals surface area contributed by atoms with Gasteiger partial charge in [-0.1, -0.05) is 13.8 Å². The number of carbonyl (C=O) groups excluding carboxylic acids is 1. The number of hydrogen-bond acceptors (Lipinski definition) is 3. The second kappa shape index (κ2) is 4.21. The summed E-state index contributed by atoms with van der Waals surface area (Å²) >= 11 is 0. The number of aromatic amines is 1. The van der Waals surface area contributed by atoms with Gasteiger partial charge < -0.3 is 4.90 Å². The predicted octanol–water partition coefficient (Wildman–Crippen LogP) is 0.921. The highest BCUT2D eigenvalue weighted by Gasteiger charge is 2.21. The standard InChI is InChI=1S/C9H16N4O/c1-6(2)7(3)13(4)9(14)8-10-5-11-12-8/h5-7H,1-4H3,(H,10,11,12). The molecule has 0 aliphatic heterocycles. The normalized spacial score (nSPS) is 12.9. The molecule has 1 amide bonds. The zero-order valence-corrected chi connectivity index (χ0v) is 8.98. The Labute approximate surface area is 83.5 Å². The smallest absolute Gasteiger partial charge is 0.291 e. The third-order valence-corrected chi connectivity index (χ3v) is 2.51. The van der Waals surface area contributed by atoms with E-state index in [1.165, 1.54) is 6.33 Å². The van der Waals surface area contributed by atoms with Gasteiger partial charge >= 0.3 is 0 Å². The minimum Gasteiger partial charge on any atom is -0.336 e. The Morgan fingerprint density at radius 2 is 2.14 bits per heavy atom. The first-order chi connectivity index (χ1) is 6.54. The third kappa shape index (κ3) is 2.10. The van der Waals surface area contributed by atoms with Crippen LogP contribution in [0.1, 0.15) is 31.4 Å². The molecular weight excluding hydrogens is 180 g/mol. The second-order valence-corrected chi connectivity index (χ2v) is 3.73. The van der Waals surface area contributed by atoms with Gasteiger partial charge in [0.2, 0.25) is 5.82 Å². The van der Waals surface area contributed by atoms with Crippen LogP contribution in [0.15, 0.2) is 6.33 Å². The molecule has 0 aliphatic rings. The molecule has 0 aromatic carbocycles. The summed E-state index contributed by atoms with van der Waals surface area (Å²) in [6.45, 7) is 6.17. The van der Waals surface area contributed by atoms with Crippen LogP contribution in [0, 0.1) is 5.92 Å². The van der Waals surface area contributed by atoms with E-state index in [1.54, 1.807) is 11.9 Å². The van der Waals surface area contributed by atoms with Crippen LogP contribution in [-0.2, 0) is 0 Å². The van der Waals surface area contributed by atoms with E-state index in [1.807, 2.05) is 6.92 Å². The lowest BCUT2D eigenvalue weighted by molar-refractivity contribution is 0.0695. The lowest BCUT2D eigenvalue weighted by Crippen LogP contribution is -2.38. The summed E-state index contributed by atoms with van der Waals surface area (Å²) in [5.74, 6) is 0.593. The molecule has 5 heteroatoms. The number of nitrogens with one attached hydrogen (secondary N) is 1. The number of nitrogens with zero attached hydrogens (tertiary/aromatic N) is 3. The Hall–Kier alpha value is -1.39. The van der Waals surface area contributed by atoms with Gasteiger partial charge in [-0.25, -0.2) is 4.98 Å². The van der Waals surface area contributed by atoms with Crippen molar-refractivity contribution in [2.24, 2.45) is 5.92 Å². The van der Waals surface area contributed by atoms with E-state index in [0.717, 1.165) is 0 Å². The molecule has 1 unspecified atom stereocenters. The van der Waals surface area contributed by atoms with Gasteiger partial charge in [0.05, 0.1) is 0 Å². The minimum atomic E-state index is -0.122. The molecule has 0 aliphatic carbocycles. The molecular formula is C9H16N4O. The van der Waals surface area contributed by atoms with E-state index in [9.17, 15) is 4.79 Å². The molecule has 1 N–H and O–H groups in total. The molecule has 1 aromatic heterocycles. The van der Waals surface area contributed by atoms with Crippen LogP contribution in [0.4, 0.5) is 0 Å². The van der Waals surface area contributed by atoms with Gasteiger partial charge in [-0.3, -0.25) is 9.89 Å². The van der Waals surface area contributed by atoms with Crippen LogP contribution in [-0.4, -0.2) is 39.1 Å². The molecule has 1 rings (SSSR count). The van der Waals surface area contributed by atoms with E-state index >= 15 is 0 Å². The Morgan fingerprint density at radius 1 is 1.50 bits per heavy atom. The van der Waals surface area contributed by atoms with Crippen LogP contribution < -0.4 is 0 Å². The van der Waals surface area contributed by atoms with Crippen molar-refractivity contribution in [1.82, 2.24) is 20.1 Å². The average Bonchev–Trinajstić information content (AvgIpc) is 2.67. The van der Waals surface area contributed by atoms with Crippen molar-refractivity contribution in [2.75, 3.05) is 7.05 Å². The fourth-order valence-electron chi connectivity index (χ4n) is 1.11. The van der Waals surface area contributed by atoms with E-state index in [4.69, 9.17) is 0 Å². The number of aromatic nitrogens is 3. The lowest BCUT2D eigenvalue weighted by Gasteiger charge is -2.26. The highest BCUT2D eigenvalue weighted by atomic mass is 16.2. The summed E-state index contributed by atoms with van der Waals surface area (Å²) < 4.78 is 0. The number of H-pyrrole nitrogens is 1. The summed E-state index contributed by atoms with van der Waals surface area (Å²) in [4.78, 5) is 17.2. The average molecular weight is 196 g/mol. The van der Waals surface area contributed by atoms with Gasteiger partial charge in [0.25, 0.3) is 5.91 Å². The van der Waals surface area contributed by atoms with Crippen LogP contribution in [0.5, 0.6) is 0 Å². The molecule has 0 saturated heterocycles. The number of hydrogen-bond donors (Lipinski definition) is 1. The van der Waals surface area contributed by atoms with Gasteiger partial charge in [-0.15, -0.1) is 0 Å². The minimum absolute atomic E-state index is 0.122. The monoisotopic (exact) mass is 196 g/mol. The molecule has 0 saturated carbocycles. The molecule has 1 heterocycles. The van der Waals surface area contributed by atoms with Gasteiger partial charge in [-0.2, -0.15) is 5.10 Å². The number of amides is 1. The fraction of sp³-hybridized carbons (Fsp3) is 0.667. The van der Waals surface area contributed by atoms with Crippen molar-refractivity contribution in [1.29, 1.82) is 0 Å². The van der Waals surface area contributed by atoms with Crippen molar-refractivity contribution in [3.8, 4) is 0 Å². The zero-order chi connectivity index (χ0) is 10.7. The first-order valence-electron chi connectivity index (χ1n) is 4.66. The van der Waals surface area contributed by atoms with Gasteiger partial charge in [0, 0.05) is 13.1 Å². The van der Waals surface area contributed by atoms with Gasteiger partial charge in [0.15, 0.2) is 0 Å². The number of carbonyl (C=O) groups is 1. The van der Waals surface area contributed by atoms with E-state index < -0.39 is 0 Å². The van der Waals surface area contributed by atoms with Crippen LogP contribution in [0.3, 0.4) is 0 Å². The summed E-state index contributed by atoms with van der Waals surface area (Å²) in [5.41, 5.74) is 0. The first kappa shape index (κ1) is 10.7. The van der Waals surface area contributed by atoms with Crippen molar-refractivity contribution >= 4 is 5.91 Å². The molecule has 78 valence electrons. The lowest BCUT2D eigenvalue weighted by atomic mass is 10.1. The fourth-order valence-corrected chi connectivity index (χ4v) is 1.11. The molecule has 0 radical (unpaired) electrons. The Morgan fingerprint density at radius 3 is 2.57 bits per heavy atom. The molecule has 1 atom stereocenters. The quantitative estimate of drug-likeness (QED) is 0.782. The third-order valence-electron chi connectivity index (χ3n) is 2.51. The SMILES string of the molecule is CC(C)C(C)N(C)C(=O)c1ncn[nH]1. The van der Waals surface area contributed by atoms with E-state index in [0.29, 0.717) is 11.7 Å². The van der Waals surface area contributed by atoms with E-state index in [2.05, 4.69) is 29.0 Å². The second-order valence-electron chi connectivity index (χ2n) is 3.73. The Kier molecular flexibility index (Phi) is 3.22. The first-order valence-corrected chi connectivity index (χ1v) is 4.66. The van der Waals surface area contributed by atoms with Gasteiger partial charge in [0.1, 0.15) is 6.33 Å². The zero-order valence-electron chi connectivity index (χ0n) is 8.98. The molecule has 0 spiro atoms. The van der Waals surface area contributed by atoms with Crippen molar-refractivity contribution in [3.63, 3.8) is 0 Å². The largest absolute Gasteiger partial charge is 0.336 e. The molecule has 1 aromatic rings. The van der Waals surface area contributed by atoms with Crippen molar-refractivity contribution < 1.29 is 4.79 Å². The predicted molar refractivity (Wildman–Crippen MR) is 52.8 cm³/mol. The topological polar surface area (TPSA) is 61.9 Å². The van der Waals surface area contributed by atoms with Crippen LogP contribution >= 0.6 is 0 Å². The Bertz CT molecular complexity index is 294. The molecule has 0 fully saturated rings. The Balaban J connectivity index is 2.71. The maximum Gasteiger partial charge on any atom is 0.291 e. The maximum absolute atomic E-state index is 11.7. The van der Waals surface area contributed by atoms with Crippen molar-refractivity contribution in [3.05, 3.63) is 12.2 Å². The summed E-state index contributed by atoms with van der Waals surface area (Å²) in [6.07, 6.45) is 1.33. The van der Waals surface area contributed by atoms with Crippen LogP contribution in [0.2, 0.25) is 0 Å². The molecule has 14 heavy (non-hydrogen) atoms. The maximum atomic E-state index is 11.7. The summed E-state index contributed by atoms with van der Waals surface area (Å²) in [5, 5.41) is 6.21. The van der Waals surface area contributed by atoms with Crippen molar-refractivity contribution in [2.45, 2.75) is 26.8 Å². The molecule has 5 nitrogen and oxygen atoms in total. The van der Waals surface area contributed by atoms with Crippen LogP contribution in [0.25, 0.3) is 0 Å². The highest BCUT2D eigenvalue weighted by Crippen LogP contribution is 2.09. The van der Waals surface area contributed by atoms with Gasteiger partial charge in [-0.05, 0) is 12.8 Å². The number of rotatable bonds is 3. The summed E-state index contributed by atoms with van der Waals surface area (Å²) in [7, 11) is 1.77. The highest BCUT2D eigenvalue weighted by molar-refractivity contribution is 5.90. The molecule has 0 bridgehead atoms.